The van der Waals surface area contributed by atoms with Gasteiger partial charge in [-0.2, -0.15) is 5.10 Å². The Kier molecular flexibility index (Phi) is 4.99. The predicted octanol–water partition coefficient (Wildman–Crippen LogP) is 2.53. The van der Waals surface area contributed by atoms with E-state index in [2.05, 4.69) is 15.4 Å². The number of carbonyl (C=O) groups excluding carboxylic acids is 1. The molecule has 1 aliphatic rings. The second kappa shape index (κ2) is 7.17. The highest BCUT2D eigenvalue weighted by atomic mass is 16.5. The molecule has 0 amide bonds. The maximum Gasteiger partial charge on any atom is 0.342 e. The van der Waals surface area contributed by atoms with E-state index in [0.29, 0.717) is 17.9 Å². The maximum atomic E-state index is 12.5. The summed E-state index contributed by atoms with van der Waals surface area (Å²) in [6, 6.07) is 0.266. The molecule has 2 aromatic rings. The van der Waals surface area contributed by atoms with Gasteiger partial charge in [0.25, 0.3) is 0 Å². The molecule has 0 atom stereocenters. The number of fused-ring (bicyclic) bond motifs is 1. The molecule has 0 aromatic carbocycles. The first kappa shape index (κ1) is 16.7. The average molecular weight is 332 g/mol. The van der Waals surface area contributed by atoms with E-state index in [1.807, 2.05) is 18.5 Å². The van der Waals surface area contributed by atoms with Crippen molar-refractivity contribution in [2.24, 2.45) is 0 Å². The van der Waals surface area contributed by atoms with Crippen LogP contribution >= 0.6 is 0 Å². The van der Waals surface area contributed by atoms with E-state index >= 15 is 0 Å². The Morgan fingerprint density at radius 2 is 2.17 bits per heavy atom. The molecular formula is C17H24N4O3. The van der Waals surface area contributed by atoms with Crippen molar-refractivity contribution in [1.82, 2.24) is 14.8 Å². The number of carbonyl (C=O) groups is 1. The largest absolute Gasteiger partial charge is 0.462 e. The Bertz CT molecular complexity index is 735. The standard InChI is InChI=1S/C17H24N4O3/c1-4-21-16-13(10-18-21)15(20-12-6-8-23-9-7-12)14(11(3)19-16)17(22)24-5-2/h10,12H,4-9H2,1-3H3,(H,19,20). The molecule has 1 fully saturated rings. The molecule has 0 radical (unpaired) electrons. The van der Waals surface area contributed by atoms with Crippen molar-refractivity contribution >= 4 is 22.7 Å². The molecule has 3 heterocycles. The fourth-order valence-corrected chi connectivity index (χ4v) is 3.08. The molecule has 7 heteroatoms. The lowest BCUT2D eigenvalue weighted by Crippen LogP contribution is -2.29. The van der Waals surface area contributed by atoms with Gasteiger partial charge in [0.05, 0.1) is 29.6 Å². The van der Waals surface area contributed by atoms with Crippen LogP contribution in [0, 0.1) is 6.92 Å². The normalized spacial score (nSPS) is 15.6. The van der Waals surface area contributed by atoms with Gasteiger partial charge in [0.1, 0.15) is 5.56 Å². The fraction of sp³-hybridized carbons (Fsp3) is 0.588. The van der Waals surface area contributed by atoms with Crippen molar-refractivity contribution in [3.63, 3.8) is 0 Å². The fourth-order valence-electron chi connectivity index (χ4n) is 3.08. The van der Waals surface area contributed by atoms with E-state index in [-0.39, 0.29) is 12.0 Å². The first-order valence-corrected chi connectivity index (χ1v) is 8.53. The number of aryl methyl sites for hydroxylation is 2. The number of hydrogen-bond donors (Lipinski definition) is 1. The van der Waals surface area contributed by atoms with Crippen molar-refractivity contribution in [2.45, 2.75) is 46.2 Å². The lowest BCUT2D eigenvalue weighted by atomic mass is 10.0. The van der Waals surface area contributed by atoms with E-state index in [0.717, 1.165) is 49.3 Å². The molecule has 7 nitrogen and oxygen atoms in total. The summed E-state index contributed by atoms with van der Waals surface area (Å²) in [6.07, 6.45) is 3.59. The third kappa shape index (κ3) is 3.08. The minimum atomic E-state index is -0.344. The Labute approximate surface area is 141 Å². The molecule has 1 aliphatic heterocycles. The number of ether oxygens (including phenoxy) is 2. The van der Waals surface area contributed by atoms with Gasteiger partial charge in [0, 0.05) is 25.8 Å². The molecule has 0 unspecified atom stereocenters. The highest BCUT2D eigenvalue weighted by molar-refractivity contribution is 6.05. The summed E-state index contributed by atoms with van der Waals surface area (Å²) >= 11 is 0. The van der Waals surface area contributed by atoms with Crippen LogP contribution in [0.25, 0.3) is 11.0 Å². The summed E-state index contributed by atoms with van der Waals surface area (Å²) in [6.45, 7) is 8.19. The molecular weight excluding hydrogens is 308 g/mol. The minimum Gasteiger partial charge on any atom is -0.462 e. The van der Waals surface area contributed by atoms with Crippen LogP contribution < -0.4 is 5.32 Å². The van der Waals surface area contributed by atoms with Gasteiger partial charge in [-0.25, -0.2) is 14.5 Å². The molecule has 3 rings (SSSR count). The lowest BCUT2D eigenvalue weighted by Gasteiger charge is -2.25. The summed E-state index contributed by atoms with van der Waals surface area (Å²) in [5, 5.41) is 8.79. The summed E-state index contributed by atoms with van der Waals surface area (Å²) in [5.41, 5.74) is 2.73. The number of hydrogen-bond acceptors (Lipinski definition) is 6. The molecule has 1 N–H and O–H groups in total. The average Bonchev–Trinajstić information content (AvgIpc) is 2.98. The molecule has 0 bridgehead atoms. The van der Waals surface area contributed by atoms with E-state index in [4.69, 9.17) is 9.47 Å². The van der Waals surface area contributed by atoms with Crippen LogP contribution in [0.5, 0.6) is 0 Å². The van der Waals surface area contributed by atoms with Gasteiger partial charge in [-0.15, -0.1) is 0 Å². The van der Waals surface area contributed by atoms with Gasteiger partial charge in [-0.3, -0.25) is 0 Å². The van der Waals surface area contributed by atoms with E-state index < -0.39 is 0 Å². The zero-order chi connectivity index (χ0) is 17.1. The summed E-state index contributed by atoms with van der Waals surface area (Å²) < 4.78 is 12.5. The molecule has 1 saturated heterocycles. The van der Waals surface area contributed by atoms with Crippen molar-refractivity contribution in [2.75, 3.05) is 25.1 Å². The van der Waals surface area contributed by atoms with Crippen molar-refractivity contribution in [1.29, 1.82) is 0 Å². The Morgan fingerprint density at radius 1 is 1.42 bits per heavy atom. The highest BCUT2D eigenvalue weighted by Gasteiger charge is 2.25. The summed E-state index contributed by atoms with van der Waals surface area (Å²) in [4.78, 5) is 17.1. The Morgan fingerprint density at radius 3 is 2.83 bits per heavy atom. The second-order valence-corrected chi connectivity index (χ2v) is 5.90. The quantitative estimate of drug-likeness (QED) is 0.848. The zero-order valence-electron chi connectivity index (χ0n) is 14.5. The minimum absolute atomic E-state index is 0.266. The van der Waals surface area contributed by atoms with E-state index in [1.54, 1.807) is 13.1 Å². The number of nitrogens with one attached hydrogen (secondary N) is 1. The topological polar surface area (TPSA) is 78.3 Å². The SMILES string of the molecule is CCOC(=O)c1c(C)nc2c(cnn2CC)c1NC1CCOCC1. The zero-order valence-corrected chi connectivity index (χ0v) is 14.5. The van der Waals surface area contributed by atoms with Crippen LogP contribution in [0.3, 0.4) is 0 Å². The second-order valence-electron chi connectivity index (χ2n) is 5.90. The first-order chi connectivity index (χ1) is 11.7. The molecule has 24 heavy (non-hydrogen) atoms. The monoisotopic (exact) mass is 332 g/mol. The van der Waals surface area contributed by atoms with E-state index in [9.17, 15) is 4.79 Å². The number of esters is 1. The molecule has 0 saturated carbocycles. The van der Waals surface area contributed by atoms with Crippen molar-refractivity contribution < 1.29 is 14.3 Å². The smallest absolute Gasteiger partial charge is 0.342 e. The van der Waals surface area contributed by atoms with Gasteiger partial charge in [-0.1, -0.05) is 0 Å². The maximum absolute atomic E-state index is 12.5. The van der Waals surface area contributed by atoms with Crippen LogP contribution in [-0.4, -0.2) is 46.6 Å². The third-order valence-corrected chi connectivity index (χ3v) is 4.32. The Balaban J connectivity index is 2.10. The van der Waals surface area contributed by atoms with Crippen LogP contribution in [0.15, 0.2) is 6.20 Å². The molecule has 130 valence electrons. The number of nitrogens with zero attached hydrogens (tertiary/aromatic N) is 3. The number of anilines is 1. The number of rotatable bonds is 5. The third-order valence-electron chi connectivity index (χ3n) is 4.32. The van der Waals surface area contributed by atoms with Gasteiger partial charge in [0.15, 0.2) is 5.65 Å². The predicted molar refractivity (Wildman–Crippen MR) is 91.4 cm³/mol. The van der Waals surface area contributed by atoms with E-state index in [1.165, 1.54) is 0 Å². The number of aromatic nitrogens is 3. The van der Waals surface area contributed by atoms with Gasteiger partial charge in [0.2, 0.25) is 0 Å². The van der Waals surface area contributed by atoms with Crippen LogP contribution in [0.4, 0.5) is 5.69 Å². The van der Waals surface area contributed by atoms with Gasteiger partial charge >= 0.3 is 5.97 Å². The Hall–Kier alpha value is -2.15. The molecule has 2 aromatic heterocycles. The lowest BCUT2D eigenvalue weighted by molar-refractivity contribution is 0.0526. The summed E-state index contributed by atoms with van der Waals surface area (Å²) in [5.74, 6) is -0.344. The van der Waals surface area contributed by atoms with Gasteiger partial charge in [-0.05, 0) is 33.6 Å². The number of pyridine rings is 1. The highest BCUT2D eigenvalue weighted by Crippen LogP contribution is 2.31. The first-order valence-electron chi connectivity index (χ1n) is 8.53. The van der Waals surface area contributed by atoms with Crippen molar-refractivity contribution in [3.05, 3.63) is 17.5 Å². The van der Waals surface area contributed by atoms with Crippen LogP contribution in [0.2, 0.25) is 0 Å². The molecule has 0 aliphatic carbocycles. The van der Waals surface area contributed by atoms with Crippen LogP contribution in [0.1, 0.15) is 42.7 Å². The van der Waals surface area contributed by atoms with Crippen molar-refractivity contribution in [3.8, 4) is 0 Å². The van der Waals surface area contributed by atoms with Gasteiger partial charge < -0.3 is 14.8 Å². The summed E-state index contributed by atoms with van der Waals surface area (Å²) in [7, 11) is 0. The molecule has 0 spiro atoms. The van der Waals surface area contributed by atoms with Crippen LogP contribution in [-0.2, 0) is 16.0 Å².